The van der Waals surface area contributed by atoms with Crippen LogP contribution in [0.5, 0.6) is 0 Å². The summed E-state index contributed by atoms with van der Waals surface area (Å²) in [5.41, 5.74) is 3.49. The average Bonchev–Trinajstić information content (AvgIpc) is 2.82. The van der Waals surface area contributed by atoms with Crippen LogP contribution in [-0.2, 0) is 13.1 Å². The van der Waals surface area contributed by atoms with Crippen LogP contribution in [0.1, 0.15) is 49.4 Å². The fourth-order valence-electron chi connectivity index (χ4n) is 5.44. The first kappa shape index (κ1) is 23.4. The van der Waals surface area contributed by atoms with E-state index < -0.39 is 0 Å². The molecular formula is C27H30Cl2N4O. The summed E-state index contributed by atoms with van der Waals surface area (Å²) in [6.45, 7) is 5.45. The van der Waals surface area contributed by atoms with Crippen LogP contribution in [0.4, 0.5) is 11.6 Å². The van der Waals surface area contributed by atoms with Gasteiger partial charge < -0.3 is 0 Å². The molecule has 0 saturated heterocycles. The molecule has 0 radical (unpaired) electrons. The fraction of sp³-hybridized carbons (Fsp3) is 0.407. The van der Waals surface area contributed by atoms with Crippen LogP contribution in [0.15, 0.2) is 53.3 Å². The van der Waals surface area contributed by atoms with E-state index in [4.69, 9.17) is 28.2 Å². The minimum Gasteiger partial charge on any atom is -0.298 e. The Labute approximate surface area is 210 Å². The van der Waals surface area contributed by atoms with Crippen LogP contribution in [-0.4, -0.2) is 27.2 Å². The third kappa shape index (κ3) is 4.61. The first-order valence-electron chi connectivity index (χ1n) is 12.0. The molecule has 1 aliphatic carbocycles. The molecule has 5 rings (SSSR count). The minimum absolute atomic E-state index is 0.0256. The van der Waals surface area contributed by atoms with Gasteiger partial charge in [-0.05, 0) is 49.4 Å². The van der Waals surface area contributed by atoms with E-state index in [1.807, 2.05) is 41.8 Å². The summed E-state index contributed by atoms with van der Waals surface area (Å²) in [7, 11) is 0. The third-order valence-corrected chi connectivity index (χ3v) is 7.69. The lowest BCUT2D eigenvalue weighted by Crippen LogP contribution is -2.53. The van der Waals surface area contributed by atoms with E-state index in [2.05, 4.69) is 28.9 Å². The highest BCUT2D eigenvalue weighted by molar-refractivity contribution is 6.35. The molecule has 1 saturated carbocycles. The number of halogens is 2. The number of rotatable bonds is 4. The second-order valence-electron chi connectivity index (χ2n) is 9.63. The third-order valence-electron chi connectivity index (χ3n) is 7.25. The van der Waals surface area contributed by atoms with Crippen molar-refractivity contribution in [3.63, 3.8) is 0 Å². The lowest BCUT2D eigenvalue weighted by molar-refractivity contribution is 0.0723. The second kappa shape index (κ2) is 9.73. The van der Waals surface area contributed by atoms with Gasteiger partial charge in [-0.2, -0.15) is 0 Å². The zero-order valence-electron chi connectivity index (χ0n) is 19.7. The molecule has 2 aliphatic rings. The van der Waals surface area contributed by atoms with Crippen LogP contribution in [0.25, 0.3) is 0 Å². The fourth-order valence-corrected chi connectivity index (χ4v) is 5.95. The highest BCUT2D eigenvalue weighted by Crippen LogP contribution is 2.36. The smallest absolute Gasteiger partial charge is 0.259 e. The van der Waals surface area contributed by atoms with E-state index in [0.717, 1.165) is 28.9 Å². The molecule has 1 aliphatic heterocycles. The van der Waals surface area contributed by atoms with Crippen molar-refractivity contribution in [1.29, 1.82) is 0 Å². The normalized spacial score (nSPS) is 20.9. The van der Waals surface area contributed by atoms with E-state index in [1.165, 1.54) is 19.3 Å². The Bertz CT molecular complexity index is 1220. The van der Waals surface area contributed by atoms with Crippen molar-refractivity contribution in [2.45, 2.75) is 58.7 Å². The van der Waals surface area contributed by atoms with Crippen LogP contribution >= 0.6 is 23.2 Å². The average molecular weight is 497 g/mol. The van der Waals surface area contributed by atoms with Gasteiger partial charge in [-0.1, -0.05) is 73.3 Å². The van der Waals surface area contributed by atoms with E-state index in [1.54, 1.807) is 6.07 Å². The van der Waals surface area contributed by atoms with Gasteiger partial charge in [0.05, 0.1) is 19.0 Å². The highest BCUT2D eigenvalue weighted by Gasteiger charge is 2.34. The molecule has 1 fully saturated rings. The molecule has 0 N–H and O–H groups in total. The molecule has 178 valence electrons. The maximum absolute atomic E-state index is 13.9. The van der Waals surface area contributed by atoms with Crippen molar-refractivity contribution >= 4 is 34.8 Å². The number of fused-ring (bicyclic) bond motifs is 1. The van der Waals surface area contributed by atoms with Gasteiger partial charge in [0, 0.05) is 33.8 Å². The maximum atomic E-state index is 13.9. The van der Waals surface area contributed by atoms with Crippen molar-refractivity contribution in [3.8, 4) is 0 Å². The first-order chi connectivity index (χ1) is 16.4. The van der Waals surface area contributed by atoms with Crippen molar-refractivity contribution in [3.05, 3.63) is 85.8 Å². The quantitative estimate of drug-likeness (QED) is 0.419. The standard InChI is InChI=1S/C27H30Cl2N4O/c1-18-8-6-7-11-25(18)31-16-32(23-14-21(28)13-22(29)15-23)27-30-19(2)24(26(34)33(27)17-31)12-20-9-4-3-5-10-20/h3-5,9-10,13-15,18,25H,6-8,11-12,16-17H2,1-2H3. The summed E-state index contributed by atoms with van der Waals surface area (Å²) in [5.74, 6) is 1.23. The van der Waals surface area contributed by atoms with Crippen LogP contribution in [0.2, 0.25) is 10.0 Å². The van der Waals surface area contributed by atoms with Gasteiger partial charge >= 0.3 is 0 Å². The molecule has 0 spiro atoms. The Hall–Kier alpha value is -2.34. The Morgan fingerprint density at radius 1 is 1.00 bits per heavy atom. The van der Waals surface area contributed by atoms with Gasteiger partial charge in [-0.25, -0.2) is 4.98 Å². The molecule has 5 nitrogen and oxygen atoms in total. The summed E-state index contributed by atoms with van der Waals surface area (Å²) in [6, 6.07) is 16.0. The number of aromatic nitrogens is 2. The Kier molecular flexibility index (Phi) is 6.70. The Balaban J connectivity index is 1.62. The lowest BCUT2D eigenvalue weighted by atomic mass is 9.85. The summed E-state index contributed by atoms with van der Waals surface area (Å²) < 4.78 is 1.84. The highest BCUT2D eigenvalue weighted by atomic mass is 35.5. The molecule has 0 bridgehead atoms. The van der Waals surface area contributed by atoms with E-state index in [-0.39, 0.29) is 5.56 Å². The number of benzene rings is 2. The van der Waals surface area contributed by atoms with Crippen molar-refractivity contribution < 1.29 is 0 Å². The molecule has 2 heterocycles. The molecule has 2 atom stereocenters. The SMILES string of the molecule is Cc1nc2n(c(=O)c1Cc1ccccc1)CN(C1CCCCC1C)CN2c1cc(Cl)cc(Cl)c1. The summed E-state index contributed by atoms with van der Waals surface area (Å²) in [5, 5.41) is 1.13. The Morgan fingerprint density at radius 2 is 1.71 bits per heavy atom. The number of nitrogens with zero attached hydrogens (tertiary/aromatic N) is 4. The predicted octanol–water partition coefficient (Wildman–Crippen LogP) is 6.40. The molecule has 2 aromatic carbocycles. The maximum Gasteiger partial charge on any atom is 0.259 e. The number of anilines is 2. The van der Waals surface area contributed by atoms with Gasteiger partial charge in [0.1, 0.15) is 0 Å². The lowest BCUT2D eigenvalue weighted by Gasteiger charge is -2.45. The van der Waals surface area contributed by atoms with Crippen molar-refractivity contribution in [2.24, 2.45) is 5.92 Å². The molecule has 0 amide bonds. The zero-order valence-corrected chi connectivity index (χ0v) is 21.2. The number of hydrogen-bond acceptors (Lipinski definition) is 4. The van der Waals surface area contributed by atoms with Gasteiger partial charge in [0.15, 0.2) is 0 Å². The molecule has 3 aromatic rings. The second-order valence-corrected chi connectivity index (χ2v) is 10.5. The molecule has 2 unspecified atom stereocenters. The minimum atomic E-state index is 0.0256. The number of hydrogen-bond donors (Lipinski definition) is 0. The molecule has 34 heavy (non-hydrogen) atoms. The zero-order chi connectivity index (χ0) is 23.8. The van der Waals surface area contributed by atoms with E-state index in [9.17, 15) is 4.79 Å². The van der Waals surface area contributed by atoms with Gasteiger partial charge in [0.25, 0.3) is 5.56 Å². The van der Waals surface area contributed by atoms with E-state index in [0.29, 0.717) is 47.7 Å². The summed E-state index contributed by atoms with van der Waals surface area (Å²) in [4.78, 5) is 23.4. The Morgan fingerprint density at radius 3 is 2.41 bits per heavy atom. The van der Waals surface area contributed by atoms with Gasteiger partial charge in [-0.3, -0.25) is 19.2 Å². The van der Waals surface area contributed by atoms with E-state index >= 15 is 0 Å². The summed E-state index contributed by atoms with van der Waals surface area (Å²) >= 11 is 12.7. The summed E-state index contributed by atoms with van der Waals surface area (Å²) in [6.07, 6.45) is 5.43. The van der Waals surface area contributed by atoms with Gasteiger partial charge in [0.2, 0.25) is 5.95 Å². The molecular weight excluding hydrogens is 467 g/mol. The van der Waals surface area contributed by atoms with Crippen molar-refractivity contribution in [1.82, 2.24) is 14.5 Å². The van der Waals surface area contributed by atoms with Crippen molar-refractivity contribution in [2.75, 3.05) is 11.6 Å². The van der Waals surface area contributed by atoms with Crippen LogP contribution < -0.4 is 10.5 Å². The monoisotopic (exact) mass is 496 g/mol. The first-order valence-corrected chi connectivity index (χ1v) is 12.8. The predicted molar refractivity (Wildman–Crippen MR) is 139 cm³/mol. The topological polar surface area (TPSA) is 41.4 Å². The largest absolute Gasteiger partial charge is 0.298 e. The molecule has 7 heteroatoms. The molecule has 1 aromatic heterocycles. The van der Waals surface area contributed by atoms with Gasteiger partial charge in [-0.15, -0.1) is 0 Å². The van der Waals surface area contributed by atoms with Crippen LogP contribution in [0.3, 0.4) is 0 Å². The number of aryl methyl sites for hydroxylation is 1. The van der Waals surface area contributed by atoms with Crippen LogP contribution in [0, 0.1) is 12.8 Å².